The number of hydrogen-bond donors (Lipinski definition) is 2. The van der Waals surface area contributed by atoms with E-state index in [9.17, 15) is 0 Å². The summed E-state index contributed by atoms with van der Waals surface area (Å²) in [6, 6.07) is 10.2. The molecule has 3 N–H and O–H groups in total. The number of benzene rings is 1. The Balaban J connectivity index is 2.06. The van der Waals surface area contributed by atoms with E-state index in [4.69, 9.17) is 5.73 Å². The molecule has 0 aliphatic rings. The monoisotopic (exact) mass is 230 g/mol. The second kappa shape index (κ2) is 6.18. The predicted molar refractivity (Wildman–Crippen MR) is 68.9 cm³/mol. The Kier molecular flexibility index (Phi) is 4.30. The predicted octanol–water partition coefficient (Wildman–Crippen LogP) is 1.31. The smallest absolute Gasteiger partial charge is 0.0690 e. The average Bonchev–Trinajstić information content (AvgIpc) is 2.89. The van der Waals surface area contributed by atoms with Gasteiger partial charge in [-0.05, 0) is 37.2 Å². The first kappa shape index (κ1) is 11.8. The van der Waals surface area contributed by atoms with Crippen molar-refractivity contribution in [2.24, 2.45) is 5.73 Å². The van der Waals surface area contributed by atoms with Crippen LogP contribution in [0, 0.1) is 0 Å². The van der Waals surface area contributed by atoms with Gasteiger partial charge < -0.3 is 11.1 Å². The Morgan fingerprint density at radius 3 is 2.88 bits per heavy atom. The van der Waals surface area contributed by atoms with Gasteiger partial charge in [-0.25, -0.2) is 4.68 Å². The largest absolute Gasteiger partial charge is 0.330 e. The van der Waals surface area contributed by atoms with Gasteiger partial charge in [-0.3, -0.25) is 0 Å². The molecule has 0 aliphatic heterocycles. The van der Waals surface area contributed by atoms with Crippen molar-refractivity contribution in [2.45, 2.75) is 13.0 Å². The van der Waals surface area contributed by atoms with E-state index >= 15 is 0 Å². The van der Waals surface area contributed by atoms with Crippen LogP contribution in [0.25, 0.3) is 5.69 Å². The molecule has 4 heteroatoms. The van der Waals surface area contributed by atoms with Crippen LogP contribution >= 0.6 is 0 Å². The molecule has 0 spiro atoms. The van der Waals surface area contributed by atoms with Crippen LogP contribution in [0.1, 0.15) is 12.0 Å². The van der Waals surface area contributed by atoms with E-state index in [1.165, 1.54) is 5.56 Å². The molecule has 2 rings (SSSR count). The lowest BCUT2D eigenvalue weighted by molar-refractivity contribution is 0.651. The summed E-state index contributed by atoms with van der Waals surface area (Å²) in [6.07, 6.45) is 4.75. The molecular formula is C13H18N4. The maximum Gasteiger partial charge on any atom is 0.0690 e. The van der Waals surface area contributed by atoms with E-state index in [1.54, 1.807) is 6.20 Å². The van der Waals surface area contributed by atoms with Crippen molar-refractivity contribution in [3.05, 3.63) is 48.3 Å². The molecule has 90 valence electrons. The van der Waals surface area contributed by atoms with Crippen LogP contribution < -0.4 is 11.1 Å². The molecule has 1 heterocycles. The van der Waals surface area contributed by atoms with Gasteiger partial charge in [0.05, 0.1) is 5.69 Å². The Labute approximate surface area is 101 Å². The highest BCUT2D eigenvalue weighted by Gasteiger charge is 2.02. The maximum atomic E-state index is 5.46. The fourth-order valence-corrected chi connectivity index (χ4v) is 1.75. The number of nitrogens with one attached hydrogen (secondary N) is 1. The summed E-state index contributed by atoms with van der Waals surface area (Å²) in [5, 5.41) is 7.64. The Bertz CT molecular complexity index is 436. The fraction of sp³-hybridized carbons (Fsp3) is 0.308. The minimum Gasteiger partial charge on any atom is -0.330 e. The zero-order valence-corrected chi connectivity index (χ0v) is 9.84. The van der Waals surface area contributed by atoms with E-state index in [2.05, 4.69) is 22.5 Å². The summed E-state index contributed by atoms with van der Waals surface area (Å²) in [6.45, 7) is 2.52. The van der Waals surface area contributed by atoms with Gasteiger partial charge in [-0.1, -0.05) is 18.2 Å². The highest BCUT2D eigenvalue weighted by atomic mass is 15.3. The van der Waals surface area contributed by atoms with Crippen molar-refractivity contribution < 1.29 is 0 Å². The van der Waals surface area contributed by atoms with Crippen LogP contribution in [0.5, 0.6) is 0 Å². The van der Waals surface area contributed by atoms with Gasteiger partial charge in [-0.15, -0.1) is 0 Å². The van der Waals surface area contributed by atoms with Crippen molar-refractivity contribution in [1.29, 1.82) is 0 Å². The third kappa shape index (κ3) is 3.15. The molecule has 0 bridgehead atoms. The normalized spacial score (nSPS) is 10.6. The average molecular weight is 230 g/mol. The Morgan fingerprint density at radius 1 is 1.24 bits per heavy atom. The van der Waals surface area contributed by atoms with Gasteiger partial charge in [0.15, 0.2) is 0 Å². The molecule has 0 unspecified atom stereocenters. The lowest BCUT2D eigenvalue weighted by Crippen LogP contribution is -2.18. The number of hydrogen-bond acceptors (Lipinski definition) is 3. The standard InChI is InChI=1S/C13H18N4/c14-7-3-8-15-11-12-5-1-2-6-13(12)17-10-4-9-16-17/h1-2,4-6,9-10,15H,3,7-8,11,14H2. The first-order valence-corrected chi connectivity index (χ1v) is 5.90. The molecule has 0 aliphatic carbocycles. The van der Waals surface area contributed by atoms with Gasteiger partial charge in [0.2, 0.25) is 0 Å². The molecule has 0 fully saturated rings. The van der Waals surface area contributed by atoms with Crippen LogP contribution in [0.2, 0.25) is 0 Å². The molecule has 2 aromatic rings. The first-order chi connectivity index (χ1) is 8.42. The molecular weight excluding hydrogens is 212 g/mol. The van der Waals surface area contributed by atoms with Crippen molar-refractivity contribution in [3.63, 3.8) is 0 Å². The van der Waals surface area contributed by atoms with E-state index < -0.39 is 0 Å². The van der Waals surface area contributed by atoms with Gasteiger partial charge in [-0.2, -0.15) is 5.10 Å². The maximum absolute atomic E-state index is 5.46. The molecule has 0 saturated heterocycles. The Morgan fingerprint density at radius 2 is 2.12 bits per heavy atom. The van der Waals surface area contributed by atoms with Gasteiger partial charge >= 0.3 is 0 Å². The number of para-hydroxylation sites is 1. The lowest BCUT2D eigenvalue weighted by atomic mass is 10.2. The molecule has 1 aromatic carbocycles. The van der Waals surface area contributed by atoms with Gasteiger partial charge in [0, 0.05) is 18.9 Å². The zero-order valence-electron chi connectivity index (χ0n) is 9.84. The van der Waals surface area contributed by atoms with Gasteiger partial charge in [0.25, 0.3) is 0 Å². The molecule has 0 saturated carbocycles. The quantitative estimate of drug-likeness (QED) is 0.736. The van der Waals surface area contributed by atoms with Crippen LogP contribution in [-0.2, 0) is 6.54 Å². The molecule has 0 radical (unpaired) electrons. The summed E-state index contributed by atoms with van der Waals surface area (Å²) in [4.78, 5) is 0. The van der Waals surface area contributed by atoms with E-state index in [1.807, 2.05) is 29.1 Å². The second-order valence-corrected chi connectivity index (χ2v) is 3.90. The topological polar surface area (TPSA) is 55.9 Å². The summed E-state index contributed by atoms with van der Waals surface area (Å²) in [5.74, 6) is 0. The fourth-order valence-electron chi connectivity index (χ4n) is 1.75. The van der Waals surface area contributed by atoms with E-state index in [0.717, 1.165) is 31.7 Å². The van der Waals surface area contributed by atoms with Gasteiger partial charge in [0.1, 0.15) is 0 Å². The summed E-state index contributed by atoms with van der Waals surface area (Å²) in [5.41, 5.74) is 7.83. The third-order valence-corrected chi connectivity index (χ3v) is 2.62. The summed E-state index contributed by atoms with van der Waals surface area (Å²) >= 11 is 0. The summed E-state index contributed by atoms with van der Waals surface area (Å²) < 4.78 is 1.89. The molecule has 4 nitrogen and oxygen atoms in total. The SMILES string of the molecule is NCCCNCc1ccccc1-n1cccn1. The second-order valence-electron chi connectivity index (χ2n) is 3.90. The minimum atomic E-state index is 0.730. The van der Waals surface area contributed by atoms with E-state index in [-0.39, 0.29) is 0 Å². The van der Waals surface area contributed by atoms with Crippen molar-refractivity contribution in [1.82, 2.24) is 15.1 Å². The lowest BCUT2D eigenvalue weighted by Gasteiger charge is -2.10. The zero-order chi connectivity index (χ0) is 11.9. The van der Waals surface area contributed by atoms with Crippen molar-refractivity contribution >= 4 is 0 Å². The van der Waals surface area contributed by atoms with Crippen molar-refractivity contribution in [3.8, 4) is 5.69 Å². The number of nitrogens with two attached hydrogens (primary N) is 1. The molecule has 0 amide bonds. The molecule has 1 aromatic heterocycles. The number of rotatable bonds is 6. The molecule has 17 heavy (non-hydrogen) atoms. The van der Waals surface area contributed by atoms with Crippen LogP contribution in [0.3, 0.4) is 0 Å². The summed E-state index contributed by atoms with van der Waals surface area (Å²) in [7, 11) is 0. The Hall–Kier alpha value is -1.65. The van der Waals surface area contributed by atoms with Crippen molar-refractivity contribution in [2.75, 3.05) is 13.1 Å². The molecule has 0 atom stereocenters. The van der Waals surface area contributed by atoms with Crippen LogP contribution in [0.15, 0.2) is 42.7 Å². The first-order valence-electron chi connectivity index (χ1n) is 5.90. The highest BCUT2D eigenvalue weighted by Crippen LogP contribution is 2.12. The number of aromatic nitrogens is 2. The van der Waals surface area contributed by atoms with Crippen LogP contribution in [-0.4, -0.2) is 22.9 Å². The van der Waals surface area contributed by atoms with Crippen LogP contribution in [0.4, 0.5) is 0 Å². The minimum absolute atomic E-state index is 0.730. The third-order valence-electron chi connectivity index (χ3n) is 2.62. The van der Waals surface area contributed by atoms with E-state index in [0.29, 0.717) is 0 Å². The number of nitrogens with zero attached hydrogens (tertiary/aromatic N) is 2. The highest BCUT2D eigenvalue weighted by molar-refractivity contribution is 5.40.